The lowest BCUT2D eigenvalue weighted by Gasteiger charge is -2.09. The predicted molar refractivity (Wildman–Crippen MR) is 109 cm³/mol. The summed E-state index contributed by atoms with van der Waals surface area (Å²) in [4.78, 5) is 16.9. The maximum atomic E-state index is 13.8. The van der Waals surface area contributed by atoms with Crippen LogP contribution in [-0.2, 0) is 0 Å². The zero-order valence-corrected chi connectivity index (χ0v) is 15.6. The van der Waals surface area contributed by atoms with E-state index in [4.69, 9.17) is 0 Å². The number of carbonyl (C=O) groups excluding carboxylic acids is 1. The molecule has 148 valence electrons. The molecule has 4 rings (SSSR count). The highest BCUT2D eigenvalue weighted by Crippen LogP contribution is 2.25. The fourth-order valence-corrected chi connectivity index (χ4v) is 3.04. The second kappa shape index (κ2) is 8.21. The molecule has 0 atom stereocenters. The van der Waals surface area contributed by atoms with Gasteiger partial charge in [-0.25, -0.2) is 18.2 Å². The zero-order valence-electron chi connectivity index (χ0n) is 15.6. The summed E-state index contributed by atoms with van der Waals surface area (Å²) in [6, 6.07) is 21.5. The van der Waals surface area contributed by atoms with Crippen molar-refractivity contribution in [2.24, 2.45) is 0 Å². The molecular weight excluding hydrogens is 389 g/mol. The predicted octanol–water partition coefficient (Wildman–Crippen LogP) is 6.09. The SMILES string of the molecule is O=C(Nc1cccc(-c2cccc(-c3ccc(F)cc3)n2)c1)c1c(F)cccc1F. The Kier molecular flexibility index (Phi) is 5.30. The van der Waals surface area contributed by atoms with Crippen molar-refractivity contribution in [2.45, 2.75) is 0 Å². The van der Waals surface area contributed by atoms with E-state index in [2.05, 4.69) is 10.3 Å². The minimum absolute atomic E-state index is 0.329. The van der Waals surface area contributed by atoms with Gasteiger partial charge >= 0.3 is 0 Å². The fourth-order valence-electron chi connectivity index (χ4n) is 3.04. The quantitative estimate of drug-likeness (QED) is 0.448. The number of anilines is 1. The van der Waals surface area contributed by atoms with E-state index in [1.54, 1.807) is 42.5 Å². The second-order valence-corrected chi connectivity index (χ2v) is 6.55. The summed E-state index contributed by atoms with van der Waals surface area (Å²) in [5.41, 5.74) is 2.48. The summed E-state index contributed by atoms with van der Waals surface area (Å²) in [6.45, 7) is 0. The summed E-state index contributed by atoms with van der Waals surface area (Å²) < 4.78 is 40.9. The molecule has 0 unspecified atom stereocenters. The minimum atomic E-state index is -0.933. The van der Waals surface area contributed by atoms with E-state index >= 15 is 0 Å². The highest BCUT2D eigenvalue weighted by Gasteiger charge is 2.17. The first kappa shape index (κ1) is 19.4. The molecule has 3 aromatic carbocycles. The number of nitrogens with one attached hydrogen (secondary N) is 1. The molecule has 0 bridgehead atoms. The zero-order chi connectivity index (χ0) is 21.1. The summed E-state index contributed by atoms with van der Waals surface area (Å²) in [5.74, 6) is -3.07. The number of rotatable bonds is 4. The largest absolute Gasteiger partial charge is 0.322 e. The van der Waals surface area contributed by atoms with Gasteiger partial charge in [-0.2, -0.15) is 0 Å². The highest BCUT2D eigenvalue weighted by atomic mass is 19.1. The van der Waals surface area contributed by atoms with Crippen molar-refractivity contribution in [3.8, 4) is 22.5 Å². The molecule has 3 nitrogen and oxygen atoms in total. The van der Waals surface area contributed by atoms with E-state index in [1.807, 2.05) is 12.1 Å². The third-order valence-electron chi connectivity index (χ3n) is 4.50. The summed E-state index contributed by atoms with van der Waals surface area (Å²) in [6.07, 6.45) is 0. The molecular formula is C24H15F3N2O. The molecule has 0 saturated carbocycles. The van der Waals surface area contributed by atoms with Gasteiger partial charge in [0.25, 0.3) is 5.91 Å². The molecule has 1 aromatic heterocycles. The van der Waals surface area contributed by atoms with Crippen LogP contribution in [0.2, 0.25) is 0 Å². The number of hydrogen-bond donors (Lipinski definition) is 1. The highest BCUT2D eigenvalue weighted by molar-refractivity contribution is 6.04. The van der Waals surface area contributed by atoms with Crippen molar-refractivity contribution in [1.82, 2.24) is 4.98 Å². The first-order chi connectivity index (χ1) is 14.5. The van der Waals surface area contributed by atoms with E-state index in [9.17, 15) is 18.0 Å². The monoisotopic (exact) mass is 404 g/mol. The van der Waals surface area contributed by atoms with Crippen molar-refractivity contribution in [2.75, 3.05) is 5.32 Å². The van der Waals surface area contributed by atoms with Crippen molar-refractivity contribution < 1.29 is 18.0 Å². The average molecular weight is 404 g/mol. The number of amides is 1. The first-order valence-corrected chi connectivity index (χ1v) is 9.10. The van der Waals surface area contributed by atoms with E-state index in [0.29, 0.717) is 22.6 Å². The Balaban J connectivity index is 1.62. The fraction of sp³-hybridized carbons (Fsp3) is 0. The lowest BCUT2D eigenvalue weighted by molar-refractivity contribution is 0.101. The average Bonchev–Trinajstić information content (AvgIpc) is 2.74. The van der Waals surface area contributed by atoms with Gasteiger partial charge in [0.15, 0.2) is 0 Å². The number of nitrogens with zero attached hydrogens (tertiary/aromatic N) is 1. The van der Waals surface area contributed by atoms with Crippen LogP contribution >= 0.6 is 0 Å². The lowest BCUT2D eigenvalue weighted by Crippen LogP contribution is -2.15. The van der Waals surface area contributed by atoms with Gasteiger partial charge in [0, 0.05) is 16.8 Å². The van der Waals surface area contributed by atoms with Crippen LogP contribution in [0.5, 0.6) is 0 Å². The Morgan fingerprint density at radius 3 is 2.00 bits per heavy atom. The van der Waals surface area contributed by atoms with Gasteiger partial charge in [-0.15, -0.1) is 0 Å². The van der Waals surface area contributed by atoms with Gasteiger partial charge in [0.1, 0.15) is 23.0 Å². The smallest absolute Gasteiger partial charge is 0.261 e. The van der Waals surface area contributed by atoms with Crippen LogP contribution in [0.25, 0.3) is 22.5 Å². The Bertz CT molecular complexity index is 1200. The number of pyridine rings is 1. The molecule has 0 aliphatic rings. The molecule has 0 fully saturated rings. The molecule has 0 spiro atoms. The van der Waals surface area contributed by atoms with Crippen molar-refractivity contribution in [3.05, 3.63) is 108 Å². The molecule has 1 N–H and O–H groups in total. The molecule has 0 saturated heterocycles. The Morgan fingerprint density at radius 1 is 0.700 bits per heavy atom. The van der Waals surface area contributed by atoms with Gasteiger partial charge in [-0.3, -0.25) is 4.79 Å². The van der Waals surface area contributed by atoms with Gasteiger partial charge in [-0.1, -0.05) is 24.3 Å². The molecule has 30 heavy (non-hydrogen) atoms. The van der Waals surface area contributed by atoms with Crippen molar-refractivity contribution in [1.29, 1.82) is 0 Å². The first-order valence-electron chi connectivity index (χ1n) is 9.10. The van der Waals surface area contributed by atoms with Gasteiger partial charge in [0.2, 0.25) is 0 Å². The second-order valence-electron chi connectivity index (χ2n) is 6.55. The molecule has 0 aliphatic heterocycles. The standard InChI is InChI=1S/C24H15F3N2O/c25-17-12-10-15(11-13-17)21-8-3-9-22(29-21)16-4-1-5-18(14-16)28-24(30)23-19(26)6-2-7-20(23)27/h1-14H,(H,28,30). The van der Waals surface area contributed by atoms with E-state index in [1.165, 1.54) is 18.2 Å². The number of hydrogen-bond acceptors (Lipinski definition) is 2. The van der Waals surface area contributed by atoms with Gasteiger partial charge < -0.3 is 5.32 Å². The van der Waals surface area contributed by atoms with Crippen molar-refractivity contribution >= 4 is 11.6 Å². The Hall–Kier alpha value is -3.93. The summed E-state index contributed by atoms with van der Waals surface area (Å²) >= 11 is 0. The van der Waals surface area contributed by atoms with Crippen LogP contribution in [0.3, 0.4) is 0 Å². The minimum Gasteiger partial charge on any atom is -0.322 e. The summed E-state index contributed by atoms with van der Waals surface area (Å²) in [7, 11) is 0. The maximum Gasteiger partial charge on any atom is 0.261 e. The number of aromatic nitrogens is 1. The number of halogens is 3. The molecule has 4 aromatic rings. The van der Waals surface area contributed by atoms with Crippen LogP contribution in [0.4, 0.5) is 18.9 Å². The van der Waals surface area contributed by atoms with Crippen LogP contribution in [0, 0.1) is 17.5 Å². The van der Waals surface area contributed by atoms with Crippen LogP contribution in [0.15, 0.2) is 84.9 Å². The van der Waals surface area contributed by atoms with E-state index < -0.39 is 23.1 Å². The molecule has 6 heteroatoms. The molecule has 1 amide bonds. The van der Waals surface area contributed by atoms with E-state index in [0.717, 1.165) is 17.7 Å². The number of benzene rings is 3. The van der Waals surface area contributed by atoms with Gasteiger partial charge in [-0.05, 0) is 60.7 Å². The third-order valence-corrected chi connectivity index (χ3v) is 4.50. The van der Waals surface area contributed by atoms with Crippen molar-refractivity contribution in [3.63, 3.8) is 0 Å². The van der Waals surface area contributed by atoms with Crippen LogP contribution in [0.1, 0.15) is 10.4 Å². The Morgan fingerprint density at radius 2 is 1.30 bits per heavy atom. The molecule has 1 heterocycles. The van der Waals surface area contributed by atoms with E-state index in [-0.39, 0.29) is 5.82 Å². The Labute approximate surface area is 170 Å². The van der Waals surface area contributed by atoms with Crippen LogP contribution < -0.4 is 5.32 Å². The topological polar surface area (TPSA) is 42.0 Å². The normalized spacial score (nSPS) is 10.6. The third kappa shape index (κ3) is 4.07. The molecule has 0 aliphatic carbocycles. The van der Waals surface area contributed by atoms with Gasteiger partial charge in [0.05, 0.1) is 11.4 Å². The lowest BCUT2D eigenvalue weighted by atomic mass is 10.1. The molecule has 0 radical (unpaired) electrons. The maximum absolute atomic E-state index is 13.8. The number of carbonyl (C=O) groups is 1. The van der Waals surface area contributed by atoms with Crippen LogP contribution in [-0.4, -0.2) is 10.9 Å². The summed E-state index contributed by atoms with van der Waals surface area (Å²) in [5, 5.41) is 2.51.